The number of thiophene rings is 1. The van der Waals surface area contributed by atoms with Gasteiger partial charge in [0.2, 0.25) is 0 Å². The van der Waals surface area contributed by atoms with Gasteiger partial charge in [-0.1, -0.05) is 6.07 Å². The van der Waals surface area contributed by atoms with Crippen molar-refractivity contribution in [3.8, 4) is 5.75 Å². The number of halogens is 1. The molecular formula is C15H16BrNOS. The summed E-state index contributed by atoms with van der Waals surface area (Å²) in [4.78, 5) is 4.07. The van der Waals surface area contributed by atoms with Crippen molar-refractivity contribution in [2.45, 2.75) is 19.5 Å². The smallest absolute Gasteiger partial charge is 0.133 e. The van der Waals surface area contributed by atoms with Gasteiger partial charge in [-0.05, 0) is 57.1 Å². The third kappa shape index (κ3) is 2.86. The summed E-state index contributed by atoms with van der Waals surface area (Å²) in [5, 5.41) is 2.21. The molecular weight excluding hydrogens is 322 g/mol. The second kappa shape index (κ2) is 5.65. The van der Waals surface area contributed by atoms with Crippen LogP contribution in [0.1, 0.15) is 16.0 Å². The molecule has 1 aromatic heterocycles. The Morgan fingerprint density at radius 1 is 1.37 bits per heavy atom. The van der Waals surface area contributed by atoms with E-state index in [4.69, 9.17) is 4.74 Å². The van der Waals surface area contributed by atoms with Gasteiger partial charge in [0.25, 0.3) is 0 Å². The predicted octanol–water partition coefficient (Wildman–Crippen LogP) is 4.08. The number of hydrogen-bond acceptors (Lipinski definition) is 3. The van der Waals surface area contributed by atoms with Crippen LogP contribution in [0.2, 0.25) is 0 Å². The lowest BCUT2D eigenvalue weighted by Gasteiger charge is -2.27. The Balaban J connectivity index is 1.71. The molecule has 0 saturated heterocycles. The summed E-state index contributed by atoms with van der Waals surface area (Å²) in [7, 11) is 1.70. The first-order valence-corrected chi connectivity index (χ1v) is 8.03. The van der Waals surface area contributed by atoms with Gasteiger partial charge in [0.1, 0.15) is 5.75 Å². The van der Waals surface area contributed by atoms with E-state index in [1.165, 1.54) is 17.5 Å². The SMILES string of the molecule is COc1ccc(CN2CCc3sccc3C2)cc1Br. The van der Waals surface area contributed by atoms with Crippen molar-refractivity contribution in [2.24, 2.45) is 0 Å². The maximum absolute atomic E-state index is 5.27. The van der Waals surface area contributed by atoms with Crippen LogP contribution in [0.3, 0.4) is 0 Å². The summed E-state index contributed by atoms with van der Waals surface area (Å²) in [5.41, 5.74) is 2.83. The van der Waals surface area contributed by atoms with Crippen LogP contribution in [-0.2, 0) is 19.5 Å². The summed E-state index contributed by atoms with van der Waals surface area (Å²) in [6.45, 7) is 3.22. The third-order valence-electron chi connectivity index (χ3n) is 3.51. The van der Waals surface area contributed by atoms with Crippen LogP contribution >= 0.6 is 27.3 Å². The summed E-state index contributed by atoms with van der Waals surface area (Å²) in [6.07, 6.45) is 1.18. The van der Waals surface area contributed by atoms with Gasteiger partial charge in [0.15, 0.2) is 0 Å². The van der Waals surface area contributed by atoms with Crippen molar-refractivity contribution in [1.29, 1.82) is 0 Å². The van der Waals surface area contributed by atoms with Crippen LogP contribution in [0.25, 0.3) is 0 Å². The highest BCUT2D eigenvalue weighted by Crippen LogP contribution is 2.28. The standard InChI is InChI=1S/C15H16BrNOS/c1-18-14-3-2-11(8-13(14)16)9-17-6-4-15-12(10-17)5-7-19-15/h2-3,5,7-8H,4,6,9-10H2,1H3. The number of benzene rings is 1. The van der Waals surface area contributed by atoms with Gasteiger partial charge < -0.3 is 4.74 Å². The molecule has 100 valence electrons. The normalized spacial score (nSPS) is 15.3. The Bertz CT molecular complexity index is 581. The van der Waals surface area contributed by atoms with E-state index in [0.717, 1.165) is 29.9 Å². The first-order valence-electron chi connectivity index (χ1n) is 6.36. The minimum atomic E-state index is 0.891. The van der Waals surface area contributed by atoms with Gasteiger partial charge in [-0.2, -0.15) is 0 Å². The number of ether oxygens (including phenoxy) is 1. The molecule has 1 aliphatic rings. The van der Waals surface area contributed by atoms with E-state index in [1.54, 1.807) is 12.0 Å². The molecule has 3 rings (SSSR count). The third-order valence-corrected chi connectivity index (χ3v) is 5.15. The number of fused-ring (bicyclic) bond motifs is 1. The number of rotatable bonds is 3. The molecule has 0 aliphatic carbocycles. The minimum Gasteiger partial charge on any atom is -0.496 e. The van der Waals surface area contributed by atoms with Gasteiger partial charge in [0, 0.05) is 24.5 Å². The van der Waals surface area contributed by atoms with Crippen molar-refractivity contribution < 1.29 is 4.74 Å². The van der Waals surface area contributed by atoms with Crippen LogP contribution in [0.15, 0.2) is 34.1 Å². The highest BCUT2D eigenvalue weighted by Gasteiger charge is 2.17. The van der Waals surface area contributed by atoms with Crippen LogP contribution < -0.4 is 4.74 Å². The average Bonchev–Trinajstić information content (AvgIpc) is 2.86. The molecule has 0 saturated carbocycles. The lowest BCUT2D eigenvalue weighted by atomic mass is 10.1. The Kier molecular flexibility index (Phi) is 3.91. The molecule has 0 unspecified atom stereocenters. The lowest BCUT2D eigenvalue weighted by molar-refractivity contribution is 0.247. The molecule has 19 heavy (non-hydrogen) atoms. The molecule has 1 aliphatic heterocycles. The molecule has 0 amide bonds. The zero-order chi connectivity index (χ0) is 13.2. The van der Waals surface area contributed by atoms with Crippen LogP contribution in [0, 0.1) is 0 Å². The van der Waals surface area contributed by atoms with Crippen molar-refractivity contribution in [3.05, 3.63) is 50.1 Å². The lowest BCUT2D eigenvalue weighted by Crippen LogP contribution is -2.29. The first-order chi connectivity index (χ1) is 9.26. The van der Waals surface area contributed by atoms with Gasteiger partial charge in [-0.15, -0.1) is 11.3 Å². The van der Waals surface area contributed by atoms with E-state index in [-0.39, 0.29) is 0 Å². The molecule has 2 heterocycles. The van der Waals surface area contributed by atoms with Crippen molar-refractivity contribution >= 4 is 27.3 Å². The average molecular weight is 338 g/mol. The summed E-state index contributed by atoms with van der Waals surface area (Å²) < 4.78 is 6.30. The molecule has 0 N–H and O–H groups in total. The van der Waals surface area contributed by atoms with Gasteiger partial charge in [-0.25, -0.2) is 0 Å². The monoisotopic (exact) mass is 337 g/mol. The van der Waals surface area contributed by atoms with Crippen LogP contribution in [0.5, 0.6) is 5.75 Å². The van der Waals surface area contributed by atoms with Crippen molar-refractivity contribution in [2.75, 3.05) is 13.7 Å². The van der Waals surface area contributed by atoms with Gasteiger partial charge in [-0.3, -0.25) is 4.90 Å². The quantitative estimate of drug-likeness (QED) is 0.836. The molecule has 0 atom stereocenters. The molecule has 0 radical (unpaired) electrons. The Morgan fingerprint density at radius 3 is 3.05 bits per heavy atom. The zero-order valence-corrected chi connectivity index (χ0v) is 13.3. The van der Waals surface area contributed by atoms with Gasteiger partial charge in [0.05, 0.1) is 11.6 Å². The first kappa shape index (κ1) is 13.2. The van der Waals surface area contributed by atoms with E-state index in [9.17, 15) is 0 Å². The molecule has 2 aromatic rings. The number of hydrogen-bond donors (Lipinski definition) is 0. The predicted molar refractivity (Wildman–Crippen MR) is 82.8 cm³/mol. The van der Waals surface area contributed by atoms with Crippen LogP contribution in [0.4, 0.5) is 0 Å². The van der Waals surface area contributed by atoms with E-state index in [0.29, 0.717) is 0 Å². The molecule has 0 spiro atoms. The van der Waals surface area contributed by atoms with E-state index < -0.39 is 0 Å². The molecule has 2 nitrogen and oxygen atoms in total. The minimum absolute atomic E-state index is 0.891. The Hall–Kier alpha value is -0.840. The van der Waals surface area contributed by atoms with Gasteiger partial charge >= 0.3 is 0 Å². The maximum atomic E-state index is 5.27. The van der Waals surface area contributed by atoms with E-state index in [1.807, 2.05) is 17.4 Å². The number of nitrogens with zero attached hydrogens (tertiary/aromatic N) is 1. The summed E-state index contributed by atoms with van der Waals surface area (Å²) >= 11 is 5.44. The fourth-order valence-electron chi connectivity index (χ4n) is 2.51. The van der Waals surface area contributed by atoms with E-state index in [2.05, 4.69) is 44.4 Å². The second-order valence-corrected chi connectivity index (χ2v) is 6.65. The Labute approximate surface area is 126 Å². The zero-order valence-electron chi connectivity index (χ0n) is 10.9. The van der Waals surface area contributed by atoms with Crippen LogP contribution in [-0.4, -0.2) is 18.6 Å². The Morgan fingerprint density at radius 2 is 2.26 bits per heavy atom. The largest absolute Gasteiger partial charge is 0.496 e. The highest BCUT2D eigenvalue weighted by molar-refractivity contribution is 9.10. The molecule has 4 heteroatoms. The fourth-order valence-corrected chi connectivity index (χ4v) is 3.99. The second-order valence-electron chi connectivity index (χ2n) is 4.80. The number of methoxy groups -OCH3 is 1. The molecule has 1 aromatic carbocycles. The maximum Gasteiger partial charge on any atom is 0.133 e. The van der Waals surface area contributed by atoms with Crippen molar-refractivity contribution in [1.82, 2.24) is 4.90 Å². The van der Waals surface area contributed by atoms with Crippen molar-refractivity contribution in [3.63, 3.8) is 0 Å². The topological polar surface area (TPSA) is 12.5 Å². The fraction of sp³-hybridized carbons (Fsp3) is 0.333. The molecule has 0 fully saturated rings. The summed E-state index contributed by atoms with van der Waals surface area (Å²) in [6, 6.07) is 8.59. The molecule has 0 bridgehead atoms. The summed E-state index contributed by atoms with van der Waals surface area (Å²) in [5.74, 6) is 0.891. The highest BCUT2D eigenvalue weighted by atomic mass is 79.9. The van der Waals surface area contributed by atoms with E-state index >= 15 is 0 Å².